The molecule has 0 aliphatic carbocycles. The van der Waals surface area contributed by atoms with E-state index < -0.39 is 63.7 Å². The Morgan fingerprint density at radius 3 is 2.36 bits per heavy atom. The number of carbonyl (C=O) groups is 3. The lowest BCUT2D eigenvalue weighted by molar-refractivity contribution is -0.135. The Labute approximate surface area is 290 Å². The predicted molar refractivity (Wildman–Crippen MR) is 185 cm³/mol. The molecule has 10 nitrogen and oxygen atoms in total. The monoisotopic (exact) mass is 690 g/mol. The van der Waals surface area contributed by atoms with E-state index in [1.165, 1.54) is 16.8 Å². The zero-order valence-corrected chi connectivity index (χ0v) is 29.8. The van der Waals surface area contributed by atoms with Gasteiger partial charge in [0.2, 0.25) is 11.2 Å². The molecule has 0 unspecified atom stereocenters. The summed E-state index contributed by atoms with van der Waals surface area (Å²) in [6.45, 7) is 15.1. The van der Waals surface area contributed by atoms with Gasteiger partial charge in [0, 0.05) is 42.4 Å². The molecule has 0 spiro atoms. The van der Waals surface area contributed by atoms with E-state index in [9.17, 15) is 28.0 Å². The van der Waals surface area contributed by atoms with Crippen molar-refractivity contribution in [3.05, 3.63) is 97.5 Å². The normalized spacial score (nSPS) is 18.6. The zero-order valence-electron chi connectivity index (χ0n) is 29.8. The van der Waals surface area contributed by atoms with Crippen LogP contribution in [0.4, 0.5) is 8.78 Å². The van der Waals surface area contributed by atoms with E-state index in [1.54, 1.807) is 18.7 Å². The Bertz CT molecular complexity index is 1920. The standard InChI is InChI=1S/C38H44F2N4O6/c1-20(2)42-50-30-12-9-24(6)43-19-29(30)44-18-27(36(47)41-17-25-10-11-26(39)15-28(25)40)34(46)35(33(44)37(43)48)49-31(45)16-38(7,8)32-22(4)13-21(3)14-23(32)5/h10-11,13-15,18,24,29-30H,9,12,16-17,19H2,1-8H3,(H,41,47)/t24-,29+,30+/m0/s1. The number of nitrogens with zero attached hydrogens (tertiary/aromatic N) is 3. The van der Waals surface area contributed by atoms with Crippen molar-refractivity contribution in [1.29, 1.82) is 0 Å². The van der Waals surface area contributed by atoms with Crippen molar-refractivity contribution >= 4 is 23.5 Å². The first-order valence-corrected chi connectivity index (χ1v) is 16.8. The SMILES string of the molecule is CC(C)=NO[C@@H]1CC[C@H](C)N2C[C@H]1n1cc(C(=O)NCc3ccc(F)cc3F)c(=O)c(OC(=O)CC(C)(C)c3c(C)cc(C)cc3C)c1C2=O. The summed E-state index contributed by atoms with van der Waals surface area (Å²) in [5.74, 6) is -4.38. The Morgan fingerprint density at radius 1 is 1.04 bits per heavy atom. The summed E-state index contributed by atoms with van der Waals surface area (Å²) in [7, 11) is 0. The van der Waals surface area contributed by atoms with Gasteiger partial charge >= 0.3 is 5.97 Å². The van der Waals surface area contributed by atoms with Crippen LogP contribution in [0.1, 0.15) is 109 Å². The van der Waals surface area contributed by atoms with Gasteiger partial charge in [0.15, 0.2) is 5.69 Å². The van der Waals surface area contributed by atoms with Gasteiger partial charge in [-0.05, 0) is 77.1 Å². The van der Waals surface area contributed by atoms with E-state index in [-0.39, 0.29) is 36.8 Å². The van der Waals surface area contributed by atoms with Gasteiger partial charge in [-0.25, -0.2) is 8.78 Å². The third-order valence-corrected chi connectivity index (χ3v) is 9.45. The average molecular weight is 691 g/mol. The molecule has 1 saturated heterocycles. The van der Waals surface area contributed by atoms with Gasteiger partial charge in [0.05, 0.1) is 18.2 Å². The van der Waals surface area contributed by atoms with E-state index in [0.717, 1.165) is 28.3 Å². The first kappa shape index (κ1) is 36.4. The summed E-state index contributed by atoms with van der Waals surface area (Å²) in [6.07, 6.45) is 1.68. The molecule has 0 saturated carbocycles. The fraction of sp³-hybridized carbons (Fsp3) is 0.447. The topological polar surface area (TPSA) is 119 Å². The van der Waals surface area contributed by atoms with Crippen molar-refractivity contribution in [2.75, 3.05) is 6.54 Å². The number of aryl methyl sites for hydroxylation is 3. The number of aromatic nitrogens is 1. The molecular formula is C38H44F2N4O6. The molecule has 3 heterocycles. The lowest BCUT2D eigenvalue weighted by atomic mass is 9.76. The van der Waals surface area contributed by atoms with Crippen molar-refractivity contribution in [2.45, 2.75) is 105 Å². The number of rotatable bonds is 9. The predicted octanol–water partition coefficient (Wildman–Crippen LogP) is 6.22. The van der Waals surface area contributed by atoms with Crippen LogP contribution < -0.4 is 15.5 Å². The maximum Gasteiger partial charge on any atom is 0.312 e. The highest BCUT2D eigenvalue weighted by atomic mass is 19.1. The molecule has 2 aliphatic heterocycles. The van der Waals surface area contributed by atoms with Gasteiger partial charge in [0.25, 0.3) is 11.8 Å². The smallest absolute Gasteiger partial charge is 0.312 e. The number of halogens is 2. The van der Waals surface area contributed by atoms with Crippen LogP contribution in [0.2, 0.25) is 0 Å². The molecule has 266 valence electrons. The van der Waals surface area contributed by atoms with E-state index in [2.05, 4.69) is 10.5 Å². The highest BCUT2D eigenvalue weighted by molar-refractivity contribution is 6.00. The van der Waals surface area contributed by atoms with Crippen molar-refractivity contribution in [1.82, 2.24) is 14.8 Å². The number of esters is 1. The average Bonchev–Trinajstić information content (AvgIpc) is 3.15. The van der Waals surface area contributed by atoms with Gasteiger partial charge in [-0.3, -0.25) is 19.2 Å². The number of amides is 2. The molecule has 1 N–H and O–H groups in total. The fourth-order valence-electron chi connectivity index (χ4n) is 7.35. The van der Waals surface area contributed by atoms with E-state index in [1.807, 2.05) is 53.7 Å². The minimum Gasteiger partial charge on any atom is -0.420 e. The Hall–Kier alpha value is -4.87. The molecule has 1 aromatic heterocycles. The number of fused-ring (bicyclic) bond motifs is 4. The summed E-state index contributed by atoms with van der Waals surface area (Å²) in [4.78, 5) is 63.3. The van der Waals surface area contributed by atoms with Crippen LogP contribution in [0, 0.1) is 32.4 Å². The molecule has 1 fully saturated rings. The second kappa shape index (κ2) is 14.2. The highest BCUT2D eigenvalue weighted by Gasteiger charge is 2.44. The number of nitrogens with one attached hydrogen (secondary N) is 1. The molecule has 5 rings (SSSR count). The van der Waals surface area contributed by atoms with Crippen LogP contribution in [-0.2, 0) is 21.6 Å². The second-order valence-electron chi connectivity index (χ2n) is 14.3. The summed E-state index contributed by atoms with van der Waals surface area (Å²) in [5.41, 5.74) is 2.47. The number of pyridine rings is 1. The van der Waals surface area contributed by atoms with E-state index >= 15 is 0 Å². The number of ether oxygens (including phenoxy) is 1. The molecule has 3 atom stereocenters. The maximum absolute atomic E-state index is 14.4. The molecule has 2 aliphatic rings. The Kier molecular flexibility index (Phi) is 10.3. The third kappa shape index (κ3) is 7.34. The Morgan fingerprint density at radius 2 is 1.72 bits per heavy atom. The number of carbonyl (C=O) groups excluding carboxylic acids is 3. The molecule has 2 aromatic carbocycles. The van der Waals surface area contributed by atoms with Gasteiger partial charge in [-0.15, -0.1) is 0 Å². The molecule has 3 aromatic rings. The van der Waals surface area contributed by atoms with Crippen molar-refractivity contribution < 1.29 is 32.7 Å². The van der Waals surface area contributed by atoms with Crippen LogP contribution in [0.3, 0.4) is 0 Å². The summed E-state index contributed by atoms with van der Waals surface area (Å²) in [5, 5.41) is 6.69. The molecule has 0 radical (unpaired) electrons. The zero-order chi connectivity index (χ0) is 36.7. The lowest BCUT2D eigenvalue weighted by Crippen LogP contribution is -2.49. The van der Waals surface area contributed by atoms with Gasteiger partial charge in [0.1, 0.15) is 23.3 Å². The largest absolute Gasteiger partial charge is 0.420 e. The van der Waals surface area contributed by atoms with E-state index in [4.69, 9.17) is 9.57 Å². The van der Waals surface area contributed by atoms with Crippen LogP contribution in [0.15, 0.2) is 46.5 Å². The minimum atomic E-state index is -0.970. The summed E-state index contributed by atoms with van der Waals surface area (Å²) in [6, 6.07) is 6.20. The quantitative estimate of drug-likeness (QED) is 0.162. The summed E-state index contributed by atoms with van der Waals surface area (Å²) >= 11 is 0. The van der Waals surface area contributed by atoms with Crippen molar-refractivity contribution in [2.24, 2.45) is 5.16 Å². The lowest BCUT2D eigenvalue weighted by Gasteiger charge is -2.38. The van der Waals surface area contributed by atoms with Crippen LogP contribution in [0.5, 0.6) is 5.75 Å². The Balaban J connectivity index is 1.59. The fourth-order valence-corrected chi connectivity index (χ4v) is 7.35. The van der Waals surface area contributed by atoms with Gasteiger partial charge in [-0.1, -0.05) is 42.8 Å². The highest BCUT2D eigenvalue weighted by Crippen LogP contribution is 2.38. The van der Waals surface area contributed by atoms with Gasteiger partial charge < -0.3 is 24.4 Å². The number of hydrogen-bond acceptors (Lipinski definition) is 7. The minimum absolute atomic E-state index is 0.00164. The van der Waals surface area contributed by atoms with Crippen LogP contribution in [0.25, 0.3) is 0 Å². The molecule has 50 heavy (non-hydrogen) atoms. The first-order chi connectivity index (χ1) is 23.5. The second-order valence-corrected chi connectivity index (χ2v) is 14.3. The molecule has 2 amide bonds. The van der Waals surface area contributed by atoms with Crippen molar-refractivity contribution in [3.63, 3.8) is 0 Å². The molecule has 2 bridgehead atoms. The van der Waals surface area contributed by atoms with Crippen molar-refractivity contribution in [3.8, 4) is 5.75 Å². The van der Waals surface area contributed by atoms with Crippen LogP contribution >= 0.6 is 0 Å². The third-order valence-electron chi connectivity index (χ3n) is 9.45. The number of oxime groups is 1. The molecule has 12 heteroatoms. The maximum atomic E-state index is 14.4. The van der Waals surface area contributed by atoms with Crippen LogP contribution in [-0.4, -0.2) is 51.7 Å². The van der Waals surface area contributed by atoms with E-state index in [0.29, 0.717) is 24.6 Å². The van der Waals surface area contributed by atoms with Gasteiger partial charge in [-0.2, -0.15) is 0 Å². The first-order valence-electron chi connectivity index (χ1n) is 16.8. The number of benzene rings is 2. The summed E-state index contributed by atoms with van der Waals surface area (Å²) < 4.78 is 35.2. The number of hydrogen-bond donors (Lipinski definition) is 1. The molecular weight excluding hydrogens is 646 g/mol.